The Morgan fingerprint density at radius 2 is 1.64 bits per heavy atom. The van der Waals surface area contributed by atoms with Crippen LogP contribution in [-0.4, -0.2) is 32.1 Å². The van der Waals surface area contributed by atoms with Gasteiger partial charge in [0.25, 0.3) is 0 Å². The van der Waals surface area contributed by atoms with E-state index >= 15 is 0 Å². The number of carbonyl (C=O) groups is 1. The predicted octanol–water partition coefficient (Wildman–Crippen LogP) is 4.86. The summed E-state index contributed by atoms with van der Waals surface area (Å²) in [6.45, 7) is 2.19. The highest BCUT2D eigenvalue weighted by molar-refractivity contribution is 5.69. The molecular weight excluding hydrogens is 358 g/mol. The Labute approximate surface area is 168 Å². The molecule has 0 aliphatic rings. The zero-order chi connectivity index (χ0) is 20.6. The van der Waals surface area contributed by atoms with E-state index in [0.717, 1.165) is 62.5 Å². The van der Waals surface area contributed by atoms with Crippen molar-refractivity contribution in [1.29, 1.82) is 0 Å². The molecule has 0 unspecified atom stereocenters. The predicted molar refractivity (Wildman–Crippen MR) is 110 cm³/mol. The number of aliphatic hydroxyl groups excluding tert-OH is 1. The number of aliphatic hydroxyl groups is 1. The first-order valence-corrected chi connectivity index (χ1v) is 10.7. The van der Waals surface area contributed by atoms with Crippen molar-refractivity contribution in [2.75, 3.05) is 0 Å². The molecule has 1 atom stereocenters. The van der Waals surface area contributed by atoms with Crippen LogP contribution in [0, 0.1) is 0 Å². The molecule has 6 nitrogen and oxygen atoms in total. The molecule has 160 valence electrons. The number of aromatic nitrogens is 1. The van der Waals surface area contributed by atoms with Crippen LogP contribution in [-0.2, 0) is 4.79 Å². The molecule has 0 radical (unpaired) electrons. The van der Waals surface area contributed by atoms with Gasteiger partial charge in [-0.2, -0.15) is 0 Å². The zero-order valence-corrected chi connectivity index (χ0v) is 17.2. The topological polar surface area (TPSA) is 91.9 Å². The van der Waals surface area contributed by atoms with Gasteiger partial charge in [0.2, 0.25) is 11.8 Å². The molecule has 1 heterocycles. The Hall–Kier alpha value is -1.95. The SMILES string of the molecule is CCCCCC[C@@H](O)CC=CCCCCCCCC(=O)On1c(O)ccc1O. The molecule has 1 rings (SSSR count). The third-order valence-electron chi connectivity index (χ3n) is 4.71. The maximum Gasteiger partial charge on any atom is 0.333 e. The van der Waals surface area contributed by atoms with Crippen molar-refractivity contribution in [3.63, 3.8) is 0 Å². The van der Waals surface area contributed by atoms with E-state index in [-0.39, 0.29) is 24.3 Å². The van der Waals surface area contributed by atoms with Crippen LogP contribution < -0.4 is 4.84 Å². The highest BCUT2D eigenvalue weighted by Gasteiger charge is 2.11. The summed E-state index contributed by atoms with van der Waals surface area (Å²) >= 11 is 0. The molecule has 0 aromatic carbocycles. The largest absolute Gasteiger partial charge is 0.492 e. The van der Waals surface area contributed by atoms with Crippen LogP contribution in [0.2, 0.25) is 0 Å². The minimum Gasteiger partial charge on any atom is -0.492 e. The second kappa shape index (κ2) is 15.0. The molecule has 0 bridgehead atoms. The molecule has 1 aromatic heterocycles. The van der Waals surface area contributed by atoms with Crippen molar-refractivity contribution in [1.82, 2.24) is 4.73 Å². The Kier molecular flexibility index (Phi) is 12.9. The average molecular weight is 396 g/mol. The molecule has 0 aliphatic carbocycles. The normalized spacial score (nSPS) is 12.5. The zero-order valence-electron chi connectivity index (χ0n) is 17.2. The Balaban J connectivity index is 1.94. The summed E-state index contributed by atoms with van der Waals surface area (Å²) in [7, 11) is 0. The van der Waals surface area contributed by atoms with E-state index in [1.165, 1.54) is 31.4 Å². The van der Waals surface area contributed by atoms with E-state index < -0.39 is 5.97 Å². The molecule has 0 amide bonds. The molecular formula is C22H37NO5. The van der Waals surface area contributed by atoms with Gasteiger partial charge in [0.05, 0.1) is 6.10 Å². The summed E-state index contributed by atoms with van der Waals surface area (Å²) in [5, 5.41) is 28.7. The number of hydrogen-bond donors (Lipinski definition) is 3. The highest BCUT2D eigenvalue weighted by Crippen LogP contribution is 2.19. The third-order valence-corrected chi connectivity index (χ3v) is 4.71. The van der Waals surface area contributed by atoms with Gasteiger partial charge in [-0.05, 0) is 32.1 Å². The van der Waals surface area contributed by atoms with E-state index in [1.807, 2.05) is 0 Å². The fourth-order valence-electron chi connectivity index (χ4n) is 3.00. The average Bonchev–Trinajstić information content (AvgIpc) is 2.98. The summed E-state index contributed by atoms with van der Waals surface area (Å²) in [4.78, 5) is 16.6. The van der Waals surface area contributed by atoms with Crippen molar-refractivity contribution in [3.8, 4) is 11.8 Å². The van der Waals surface area contributed by atoms with Crippen LogP contribution in [0.15, 0.2) is 24.3 Å². The Bertz CT molecular complexity index is 548. The fourth-order valence-corrected chi connectivity index (χ4v) is 3.00. The second-order valence-electron chi connectivity index (χ2n) is 7.32. The smallest absolute Gasteiger partial charge is 0.333 e. The van der Waals surface area contributed by atoms with Gasteiger partial charge in [0, 0.05) is 18.6 Å². The van der Waals surface area contributed by atoms with Crippen molar-refractivity contribution in [2.24, 2.45) is 0 Å². The van der Waals surface area contributed by atoms with Gasteiger partial charge >= 0.3 is 5.97 Å². The lowest BCUT2D eigenvalue weighted by molar-refractivity contribution is -0.145. The lowest BCUT2D eigenvalue weighted by Gasteiger charge is -2.07. The van der Waals surface area contributed by atoms with Crippen LogP contribution in [0.1, 0.15) is 90.4 Å². The van der Waals surface area contributed by atoms with Crippen LogP contribution >= 0.6 is 0 Å². The summed E-state index contributed by atoms with van der Waals surface area (Å²) in [5.41, 5.74) is 0. The molecule has 3 N–H and O–H groups in total. The number of nitrogens with zero attached hydrogens (tertiary/aromatic N) is 1. The summed E-state index contributed by atoms with van der Waals surface area (Å²) in [6.07, 6.45) is 16.7. The fraction of sp³-hybridized carbons (Fsp3) is 0.682. The monoisotopic (exact) mass is 395 g/mol. The second-order valence-corrected chi connectivity index (χ2v) is 7.32. The van der Waals surface area contributed by atoms with Gasteiger partial charge in [-0.25, -0.2) is 4.79 Å². The Morgan fingerprint density at radius 1 is 1.00 bits per heavy atom. The minimum absolute atomic E-state index is 0.205. The van der Waals surface area contributed by atoms with Gasteiger partial charge in [0.1, 0.15) is 0 Å². The van der Waals surface area contributed by atoms with Crippen LogP contribution in [0.3, 0.4) is 0 Å². The van der Waals surface area contributed by atoms with E-state index in [2.05, 4.69) is 19.1 Å². The molecule has 28 heavy (non-hydrogen) atoms. The number of hydrogen-bond acceptors (Lipinski definition) is 5. The molecule has 0 saturated heterocycles. The number of aromatic hydroxyl groups is 2. The number of carbonyl (C=O) groups excluding carboxylic acids is 1. The van der Waals surface area contributed by atoms with Crippen molar-refractivity contribution < 1.29 is 25.0 Å². The van der Waals surface area contributed by atoms with E-state index in [9.17, 15) is 20.1 Å². The first-order chi connectivity index (χ1) is 13.5. The van der Waals surface area contributed by atoms with Crippen LogP contribution in [0.25, 0.3) is 0 Å². The lowest BCUT2D eigenvalue weighted by Crippen LogP contribution is -2.18. The van der Waals surface area contributed by atoms with Gasteiger partial charge in [-0.3, -0.25) is 0 Å². The quantitative estimate of drug-likeness (QED) is 0.274. The summed E-state index contributed by atoms with van der Waals surface area (Å²) in [5.74, 6) is -1.08. The van der Waals surface area contributed by atoms with Crippen molar-refractivity contribution in [2.45, 2.75) is 96.5 Å². The van der Waals surface area contributed by atoms with Crippen LogP contribution in [0.4, 0.5) is 0 Å². The first kappa shape index (κ1) is 24.1. The van der Waals surface area contributed by atoms with Gasteiger partial charge in [0.15, 0.2) is 0 Å². The van der Waals surface area contributed by atoms with Crippen molar-refractivity contribution in [3.05, 3.63) is 24.3 Å². The summed E-state index contributed by atoms with van der Waals surface area (Å²) in [6, 6.07) is 2.51. The molecule has 0 aliphatic heterocycles. The van der Waals surface area contributed by atoms with Crippen LogP contribution in [0.5, 0.6) is 11.8 Å². The van der Waals surface area contributed by atoms with Gasteiger partial charge in [-0.1, -0.05) is 64.0 Å². The number of allylic oxidation sites excluding steroid dienone is 1. The standard InChI is InChI=1S/C22H37NO5/c1-2-3-4-11-14-19(24)15-12-9-7-5-6-8-10-13-16-22(27)28-23-20(25)17-18-21(23)26/h9,12,17-19,24-26H,2-8,10-11,13-16H2,1H3/t19-/m1/s1. The summed E-state index contributed by atoms with van der Waals surface area (Å²) < 4.78 is 0.719. The molecule has 1 aromatic rings. The number of unbranched alkanes of at least 4 members (excludes halogenated alkanes) is 8. The molecule has 0 fully saturated rings. The number of rotatable bonds is 16. The maximum atomic E-state index is 11.7. The molecule has 0 spiro atoms. The van der Waals surface area contributed by atoms with Gasteiger partial charge < -0.3 is 20.2 Å². The highest BCUT2D eigenvalue weighted by atomic mass is 16.7. The van der Waals surface area contributed by atoms with Crippen molar-refractivity contribution >= 4 is 5.97 Å². The maximum absolute atomic E-state index is 11.7. The lowest BCUT2D eigenvalue weighted by atomic mass is 10.1. The van der Waals surface area contributed by atoms with E-state index in [0.29, 0.717) is 0 Å². The Morgan fingerprint density at radius 3 is 2.36 bits per heavy atom. The third kappa shape index (κ3) is 11.0. The van der Waals surface area contributed by atoms with Gasteiger partial charge in [-0.15, -0.1) is 4.73 Å². The minimum atomic E-state index is -0.474. The molecule has 0 saturated carbocycles. The first-order valence-electron chi connectivity index (χ1n) is 10.7. The van der Waals surface area contributed by atoms with E-state index in [4.69, 9.17) is 4.84 Å². The van der Waals surface area contributed by atoms with E-state index in [1.54, 1.807) is 0 Å². The molecule has 6 heteroatoms.